The molecule has 1 rings (SSSR count). The molecule has 0 spiro atoms. The standard InChI is InChI=1S/C10H17F2NO4/c1-9(2,3)17-8(14)13-4-6(11)10(15,16)7(12)5-13/h6-7,15-16H,4-5H2,1-3H3. The smallest absolute Gasteiger partial charge is 0.410 e. The molecule has 2 N–H and O–H groups in total. The Morgan fingerprint density at radius 2 is 1.71 bits per heavy atom. The van der Waals surface area contributed by atoms with Crippen molar-refractivity contribution in [3.05, 3.63) is 0 Å². The molecule has 1 saturated heterocycles. The summed E-state index contributed by atoms with van der Waals surface area (Å²) in [5.41, 5.74) is -0.776. The van der Waals surface area contributed by atoms with E-state index in [1.54, 1.807) is 20.8 Å². The second-order valence-electron chi connectivity index (χ2n) is 5.10. The van der Waals surface area contributed by atoms with Crippen molar-refractivity contribution in [1.29, 1.82) is 0 Å². The van der Waals surface area contributed by atoms with E-state index in [1.165, 1.54) is 0 Å². The number of likely N-dealkylation sites (tertiary alicyclic amines) is 1. The van der Waals surface area contributed by atoms with E-state index in [9.17, 15) is 13.6 Å². The Labute approximate surface area is 98.0 Å². The van der Waals surface area contributed by atoms with Crippen LogP contribution in [0.2, 0.25) is 0 Å². The lowest BCUT2D eigenvalue weighted by atomic mass is 10.0. The Morgan fingerprint density at radius 1 is 1.29 bits per heavy atom. The van der Waals surface area contributed by atoms with Gasteiger partial charge in [-0.1, -0.05) is 0 Å². The molecule has 1 amide bonds. The molecule has 1 fully saturated rings. The number of hydrogen-bond acceptors (Lipinski definition) is 4. The van der Waals surface area contributed by atoms with Crippen molar-refractivity contribution in [2.75, 3.05) is 13.1 Å². The van der Waals surface area contributed by atoms with E-state index < -0.39 is 42.9 Å². The van der Waals surface area contributed by atoms with Crippen LogP contribution in [0.15, 0.2) is 0 Å². The third-order valence-corrected chi connectivity index (χ3v) is 2.34. The fourth-order valence-electron chi connectivity index (χ4n) is 1.40. The van der Waals surface area contributed by atoms with Gasteiger partial charge in [0.15, 0.2) is 12.3 Å². The van der Waals surface area contributed by atoms with E-state index in [2.05, 4.69) is 0 Å². The van der Waals surface area contributed by atoms with Crippen molar-refractivity contribution >= 4 is 6.09 Å². The molecule has 2 unspecified atom stereocenters. The molecule has 0 aliphatic carbocycles. The Morgan fingerprint density at radius 3 is 2.06 bits per heavy atom. The number of piperidine rings is 1. The lowest BCUT2D eigenvalue weighted by molar-refractivity contribution is -0.261. The average molecular weight is 253 g/mol. The molecule has 2 atom stereocenters. The fraction of sp³-hybridized carbons (Fsp3) is 0.900. The zero-order chi connectivity index (χ0) is 13.4. The highest BCUT2D eigenvalue weighted by atomic mass is 19.1. The number of alkyl halides is 2. The van der Waals surface area contributed by atoms with Gasteiger partial charge in [-0.3, -0.25) is 0 Å². The van der Waals surface area contributed by atoms with E-state index >= 15 is 0 Å². The van der Waals surface area contributed by atoms with Gasteiger partial charge < -0.3 is 19.8 Å². The van der Waals surface area contributed by atoms with Gasteiger partial charge in [0.1, 0.15) is 5.60 Å². The van der Waals surface area contributed by atoms with Crippen LogP contribution in [0.1, 0.15) is 20.8 Å². The number of nitrogens with zero attached hydrogens (tertiary/aromatic N) is 1. The first-order chi connectivity index (χ1) is 7.54. The van der Waals surface area contributed by atoms with Crippen LogP contribution in [0.3, 0.4) is 0 Å². The van der Waals surface area contributed by atoms with Crippen molar-refractivity contribution in [2.24, 2.45) is 0 Å². The van der Waals surface area contributed by atoms with Gasteiger partial charge >= 0.3 is 6.09 Å². The molecule has 1 heterocycles. The van der Waals surface area contributed by atoms with Gasteiger partial charge in [0.05, 0.1) is 13.1 Å². The summed E-state index contributed by atoms with van der Waals surface area (Å²) in [6, 6.07) is 0. The van der Waals surface area contributed by atoms with E-state index in [-0.39, 0.29) is 0 Å². The molecule has 100 valence electrons. The second-order valence-corrected chi connectivity index (χ2v) is 5.10. The minimum absolute atomic E-state index is 0.609. The van der Waals surface area contributed by atoms with E-state index in [4.69, 9.17) is 14.9 Å². The van der Waals surface area contributed by atoms with Crippen LogP contribution >= 0.6 is 0 Å². The number of halogens is 2. The van der Waals surface area contributed by atoms with Crippen molar-refractivity contribution in [1.82, 2.24) is 4.90 Å². The minimum Gasteiger partial charge on any atom is -0.444 e. The molecule has 5 nitrogen and oxygen atoms in total. The molecule has 0 saturated carbocycles. The number of carbonyl (C=O) groups is 1. The summed E-state index contributed by atoms with van der Waals surface area (Å²) < 4.78 is 31.5. The van der Waals surface area contributed by atoms with Crippen molar-refractivity contribution in [3.8, 4) is 0 Å². The zero-order valence-corrected chi connectivity index (χ0v) is 9.98. The van der Waals surface area contributed by atoms with Gasteiger partial charge in [-0.15, -0.1) is 0 Å². The maximum atomic E-state index is 13.3. The number of ether oxygens (including phenoxy) is 1. The molecule has 0 aromatic rings. The quantitative estimate of drug-likeness (QED) is 0.620. The van der Waals surface area contributed by atoms with Crippen LogP contribution in [0.5, 0.6) is 0 Å². The Balaban J connectivity index is 2.68. The predicted octanol–water partition coefficient (Wildman–Crippen LogP) is 0.594. The number of hydrogen-bond donors (Lipinski definition) is 2. The van der Waals surface area contributed by atoms with Gasteiger partial charge in [-0.25, -0.2) is 13.6 Å². The molecule has 0 bridgehead atoms. The SMILES string of the molecule is CC(C)(C)OC(=O)N1CC(F)C(O)(O)C(F)C1. The van der Waals surface area contributed by atoms with E-state index in [0.717, 1.165) is 4.90 Å². The van der Waals surface area contributed by atoms with Crippen LogP contribution in [0, 0.1) is 0 Å². The molecule has 17 heavy (non-hydrogen) atoms. The second kappa shape index (κ2) is 4.38. The summed E-state index contributed by atoms with van der Waals surface area (Å²) in [6.45, 7) is 3.65. The van der Waals surface area contributed by atoms with Crippen LogP contribution < -0.4 is 0 Å². The maximum Gasteiger partial charge on any atom is 0.410 e. The van der Waals surface area contributed by atoms with Crippen LogP contribution in [-0.2, 0) is 4.74 Å². The highest BCUT2D eigenvalue weighted by Gasteiger charge is 2.50. The van der Waals surface area contributed by atoms with Crippen LogP contribution in [-0.4, -0.2) is 58.0 Å². The third-order valence-electron chi connectivity index (χ3n) is 2.34. The minimum atomic E-state index is -3.04. The molecule has 7 heteroatoms. The van der Waals surface area contributed by atoms with Crippen molar-refractivity contribution < 1.29 is 28.5 Å². The largest absolute Gasteiger partial charge is 0.444 e. The summed E-state index contributed by atoms with van der Waals surface area (Å²) >= 11 is 0. The fourth-order valence-corrected chi connectivity index (χ4v) is 1.40. The van der Waals surface area contributed by atoms with Gasteiger partial charge in [0.2, 0.25) is 5.79 Å². The van der Waals surface area contributed by atoms with Crippen LogP contribution in [0.4, 0.5) is 13.6 Å². The number of carbonyl (C=O) groups excluding carboxylic acids is 1. The van der Waals surface area contributed by atoms with Crippen molar-refractivity contribution in [2.45, 2.75) is 44.5 Å². The van der Waals surface area contributed by atoms with Crippen LogP contribution in [0.25, 0.3) is 0 Å². The molecule has 0 aromatic heterocycles. The first kappa shape index (κ1) is 14.1. The van der Waals surface area contributed by atoms with Crippen molar-refractivity contribution in [3.63, 3.8) is 0 Å². The first-order valence-corrected chi connectivity index (χ1v) is 5.25. The Hall–Kier alpha value is -0.950. The Kier molecular flexibility index (Phi) is 3.63. The molecule has 0 aromatic carbocycles. The molecule has 0 radical (unpaired) electrons. The number of amides is 1. The van der Waals surface area contributed by atoms with Gasteiger partial charge in [-0.2, -0.15) is 0 Å². The Bertz CT molecular complexity index is 289. The lowest BCUT2D eigenvalue weighted by Gasteiger charge is -2.39. The summed E-state index contributed by atoms with van der Waals surface area (Å²) in [6.07, 6.45) is -5.41. The van der Waals surface area contributed by atoms with E-state index in [0.29, 0.717) is 0 Å². The summed E-state index contributed by atoms with van der Waals surface area (Å²) in [7, 11) is 0. The molecular weight excluding hydrogens is 236 g/mol. The zero-order valence-electron chi connectivity index (χ0n) is 9.98. The third kappa shape index (κ3) is 3.26. The topological polar surface area (TPSA) is 70.0 Å². The first-order valence-electron chi connectivity index (χ1n) is 5.25. The summed E-state index contributed by atoms with van der Waals surface area (Å²) in [4.78, 5) is 12.3. The van der Waals surface area contributed by atoms with E-state index in [1.807, 2.05) is 0 Å². The normalized spacial score (nSPS) is 29.0. The number of rotatable bonds is 0. The van der Waals surface area contributed by atoms with Gasteiger partial charge in [0, 0.05) is 0 Å². The number of aliphatic hydroxyl groups is 2. The molecule has 1 aliphatic heterocycles. The van der Waals surface area contributed by atoms with Gasteiger partial charge in [0.25, 0.3) is 0 Å². The highest BCUT2D eigenvalue weighted by Crippen LogP contribution is 2.26. The highest BCUT2D eigenvalue weighted by molar-refractivity contribution is 5.68. The van der Waals surface area contributed by atoms with Gasteiger partial charge in [-0.05, 0) is 20.8 Å². The monoisotopic (exact) mass is 253 g/mol. The molecular formula is C10H17F2NO4. The summed E-state index contributed by atoms with van der Waals surface area (Å²) in [5.74, 6) is -3.04. The lowest BCUT2D eigenvalue weighted by Crippen LogP contribution is -2.62. The maximum absolute atomic E-state index is 13.3. The molecule has 1 aliphatic rings. The summed E-state index contributed by atoms with van der Waals surface area (Å²) in [5, 5.41) is 18.1. The predicted molar refractivity (Wildman–Crippen MR) is 54.8 cm³/mol. The average Bonchev–Trinajstić information content (AvgIpc) is 2.11.